The second-order valence-electron chi connectivity index (χ2n) is 4.70. The third-order valence-electron chi connectivity index (χ3n) is 3.15. The highest BCUT2D eigenvalue weighted by atomic mass is 79.9. The summed E-state index contributed by atoms with van der Waals surface area (Å²) in [5, 5.41) is 9.46. The molecule has 24 heavy (non-hydrogen) atoms. The number of hydrogen-bond acceptors (Lipinski definition) is 3. The van der Waals surface area contributed by atoms with E-state index in [9.17, 15) is 5.26 Å². The van der Waals surface area contributed by atoms with Crippen molar-refractivity contribution in [2.45, 2.75) is 0 Å². The van der Waals surface area contributed by atoms with Crippen molar-refractivity contribution in [2.24, 2.45) is 0 Å². The lowest BCUT2D eigenvalue weighted by atomic mass is 10.0. The molecule has 0 spiro atoms. The lowest BCUT2D eigenvalue weighted by molar-refractivity contribution is 0.365. The SMILES string of the molecule is C#CCOc1c(Br)cc(/C=C(\C#N)c2ccc(OC)cc2)cc1Br. The van der Waals surface area contributed by atoms with Gasteiger partial charge in [-0.15, -0.1) is 6.42 Å². The molecule has 0 N–H and O–H groups in total. The van der Waals surface area contributed by atoms with Gasteiger partial charge < -0.3 is 9.47 Å². The van der Waals surface area contributed by atoms with E-state index in [2.05, 4.69) is 43.8 Å². The third kappa shape index (κ3) is 4.41. The van der Waals surface area contributed by atoms with Crippen molar-refractivity contribution in [2.75, 3.05) is 13.7 Å². The summed E-state index contributed by atoms with van der Waals surface area (Å²) in [5.74, 6) is 3.81. The number of ether oxygens (including phenoxy) is 2. The van der Waals surface area contributed by atoms with Crippen molar-refractivity contribution in [1.29, 1.82) is 5.26 Å². The van der Waals surface area contributed by atoms with E-state index in [1.165, 1.54) is 0 Å². The average Bonchev–Trinajstić information content (AvgIpc) is 2.59. The Labute approximate surface area is 158 Å². The summed E-state index contributed by atoms with van der Waals surface area (Å²) in [6.45, 7) is 0.182. The number of nitrogens with zero attached hydrogens (tertiary/aromatic N) is 1. The van der Waals surface area contributed by atoms with Gasteiger partial charge in [0.15, 0.2) is 0 Å². The molecule has 0 heterocycles. The van der Waals surface area contributed by atoms with Gasteiger partial charge in [-0.3, -0.25) is 0 Å². The molecule has 0 amide bonds. The minimum Gasteiger partial charge on any atom is -0.497 e. The number of rotatable bonds is 5. The zero-order valence-corrected chi connectivity index (χ0v) is 16.0. The van der Waals surface area contributed by atoms with Crippen LogP contribution in [0.25, 0.3) is 11.6 Å². The number of allylic oxidation sites excluding steroid dienone is 1. The largest absolute Gasteiger partial charge is 0.497 e. The molecule has 0 fully saturated rings. The quantitative estimate of drug-likeness (QED) is 0.355. The number of benzene rings is 2. The third-order valence-corrected chi connectivity index (χ3v) is 4.33. The fourth-order valence-corrected chi connectivity index (χ4v) is 3.48. The van der Waals surface area contributed by atoms with Crippen molar-refractivity contribution in [3.63, 3.8) is 0 Å². The van der Waals surface area contributed by atoms with Crippen LogP contribution >= 0.6 is 31.9 Å². The summed E-state index contributed by atoms with van der Waals surface area (Å²) < 4.78 is 12.1. The lowest BCUT2D eigenvalue weighted by Gasteiger charge is -2.09. The summed E-state index contributed by atoms with van der Waals surface area (Å²) in [4.78, 5) is 0. The number of halogens is 2. The van der Waals surface area contributed by atoms with Crippen molar-refractivity contribution in [1.82, 2.24) is 0 Å². The van der Waals surface area contributed by atoms with E-state index in [0.717, 1.165) is 25.8 Å². The molecule has 0 aliphatic rings. The minimum absolute atomic E-state index is 0.182. The Morgan fingerprint density at radius 1 is 1.21 bits per heavy atom. The van der Waals surface area contributed by atoms with E-state index >= 15 is 0 Å². The average molecular weight is 447 g/mol. The molecule has 120 valence electrons. The molecular formula is C19H13Br2NO2. The fourth-order valence-electron chi connectivity index (χ4n) is 2.03. The van der Waals surface area contributed by atoms with Gasteiger partial charge in [-0.05, 0) is 85.5 Å². The van der Waals surface area contributed by atoms with Crippen LogP contribution in [0, 0.1) is 23.7 Å². The molecule has 0 unspecified atom stereocenters. The molecular weight excluding hydrogens is 434 g/mol. The molecule has 0 atom stereocenters. The van der Waals surface area contributed by atoms with E-state index in [1.807, 2.05) is 42.5 Å². The van der Waals surface area contributed by atoms with Gasteiger partial charge in [0.1, 0.15) is 18.1 Å². The van der Waals surface area contributed by atoms with Gasteiger partial charge in [-0.1, -0.05) is 5.92 Å². The van der Waals surface area contributed by atoms with E-state index in [-0.39, 0.29) is 6.61 Å². The van der Waals surface area contributed by atoms with Crippen LogP contribution in [-0.2, 0) is 0 Å². The molecule has 5 heteroatoms. The lowest BCUT2D eigenvalue weighted by Crippen LogP contribution is -1.96. The standard InChI is InChI=1S/C19H13Br2NO2/c1-3-8-24-19-17(20)10-13(11-18(19)21)9-15(12-22)14-4-6-16(23-2)7-5-14/h1,4-7,9-11H,8H2,2H3/b15-9+. The topological polar surface area (TPSA) is 42.2 Å². The van der Waals surface area contributed by atoms with Gasteiger partial charge in [0.25, 0.3) is 0 Å². The van der Waals surface area contributed by atoms with Gasteiger partial charge in [0.05, 0.1) is 27.7 Å². The molecule has 3 nitrogen and oxygen atoms in total. The molecule has 0 aliphatic carbocycles. The Morgan fingerprint density at radius 2 is 1.83 bits per heavy atom. The number of hydrogen-bond donors (Lipinski definition) is 0. The Balaban J connectivity index is 2.37. The Bertz CT molecular complexity index is 820. The first-order chi connectivity index (χ1) is 11.6. The molecule has 2 aromatic rings. The summed E-state index contributed by atoms with van der Waals surface area (Å²) >= 11 is 6.93. The van der Waals surface area contributed by atoms with Gasteiger partial charge in [-0.2, -0.15) is 5.26 Å². The fraction of sp³-hybridized carbons (Fsp3) is 0.105. The molecule has 0 bridgehead atoms. The summed E-state index contributed by atoms with van der Waals surface area (Å²) in [7, 11) is 1.61. The van der Waals surface area contributed by atoms with E-state index in [1.54, 1.807) is 7.11 Å². The van der Waals surface area contributed by atoms with Crippen LogP contribution in [0.4, 0.5) is 0 Å². The first-order valence-electron chi connectivity index (χ1n) is 6.90. The second-order valence-corrected chi connectivity index (χ2v) is 6.41. The summed E-state index contributed by atoms with van der Waals surface area (Å²) in [6.07, 6.45) is 7.02. The van der Waals surface area contributed by atoms with Gasteiger partial charge in [0.2, 0.25) is 0 Å². The molecule has 0 saturated heterocycles. The molecule has 2 aromatic carbocycles. The monoisotopic (exact) mass is 445 g/mol. The summed E-state index contributed by atoms with van der Waals surface area (Å²) in [5.41, 5.74) is 2.22. The van der Waals surface area contributed by atoms with Crippen LogP contribution in [0.2, 0.25) is 0 Å². The highest BCUT2D eigenvalue weighted by Crippen LogP contribution is 2.35. The van der Waals surface area contributed by atoms with E-state index in [4.69, 9.17) is 15.9 Å². The number of terminal acetylenes is 1. The van der Waals surface area contributed by atoms with Crippen molar-refractivity contribution in [3.05, 3.63) is 56.5 Å². The highest BCUT2D eigenvalue weighted by Gasteiger charge is 2.09. The Hall–Kier alpha value is -2.21. The first-order valence-corrected chi connectivity index (χ1v) is 8.49. The first kappa shape index (κ1) is 18.1. The van der Waals surface area contributed by atoms with Crippen LogP contribution in [0.15, 0.2) is 45.3 Å². The van der Waals surface area contributed by atoms with E-state index in [0.29, 0.717) is 11.3 Å². The minimum atomic E-state index is 0.182. The van der Waals surface area contributed by atoms with Crippen LogP contribution in [0.5, 0.6) is 11.5 Å². The van der Waals surface area contributed by atoms with Gasteiger partial charge >= 0.3 is 0 Å². The van der Waals surface area contributed by atoms with Crippen LogP contribution in [0.1, 0.15) is 11.1 Å². The normalized spacial score (nSPS) is 10.6. The molecule has 0 radical (unpaired) electrons. The van der Waals surface area contributed by atoms with Crippen LogP contribution in [0.3, 0.4) is 0 Å². The zero-order chi connectivity index (χ0) is 17.5. The van der Waals surface area contributed by atoms with E-state index < -0.39 is 0 Å². The van der Waals surface area contributed by atoms with Crippen LogP contribution in [-0.4, -0.2) is 13.7 Å². The summed E-state index contributed by atoms with van der Waals surface area (Å²) in [6, 6.07) is 13.3. The Morgan fingerprint density at radius 3 is 2.33 bits per heavy atom. The van der Waals surface area contributed by atoms with Crippen molar-refractivity contribution < 1.29 is 9.47 Å². The Kier molecular flexibility index (Phi) is 6.49. The highest BCUT2D eigenvalue weighted by molar-refractivity contribution is 9.11. The molecule has 0 aliphatic heterocycles. The molecule has 0 aromatic heterocycles. The molecule has 2 rings (SSSR count). The predicted octanol–water partition coefficient (Wildman–Crippen LogP) is 5.30. The maximum atomic E-state index is 9.46. The maximum Gasteiger partial charge on any atom is 0.149 e. The number of nitriles is 1. The van der Waals surface area contributed by atoms with Crippen LogP contribution < -0.4 is 9.47 Å². The van der Waals surface area contributed by atoms with Crippen molar-refractivity contribution in [3.8, 4) is 29.9 Å². The predicted molar refractivity (Wildman–Crippen MR) is 103 cm³/mol. The maximum absolute atomic E-state index is 9.46. The van der Waals surface area contributed by atoms with Gasteiger partial charge in [0, 0.05) is 0 Å². The smallest absolute Gasteiger partial charge is 0.149 e. The zero-order valence-electron chi connectivity index (χ0n) is 12.8. The van der Waals surface area contributed by atoms with Gasteiger partial charge in [-0.25, -0.2) is 0 Å². The molecule has 0 saturated carbocycles. The van der Waals surface area contributed by atoms with Crippen molar-refractivity contribution >= 4 is 43.5 Å². The number of methoxy groups -OCH3 is 1. The second kappa shape index (κ2) is 8.59.